The molecule has 0 spiro atoms. The highest BCUT2D eigenvalue weighted by Gasteiger charge is 2.19. The lowest BCUT2D eigenvalue weighted by Gasteiger charge is -2.18. The van der Waals surface area contributed by atoms with Crippen molar-refractivity contribution in [3.8, 4) is 0 Å². The Morgan fingerprint density at radius 1 is 0.328 bits per heavy atom. The van der Waals surface area contributed by atoms with Crippen LogP contribution in [0.1, 0.15) is 284 Å². The number of esters is 3. The van der Waals surface area contributed by atoms with E-state index in [-0.39, 0.29) is 31.1 Å². The number of allylic oxidation sites excluding steroid dienone is 2. The molecule has 1 atom stereocenters. The second kappa shape index (κ2) is 47.8. The molecule has 0 saturated carbocycles. The minimum atomic E-state index is -0.765. The topological polar surface area (TPSA) is 78.9 Å². The summed E-state index contributed by atoms with van der Waals surface area (Å²) < 4.78 is 16.6. The first-order chi connectivity index (χ1) is 28.5. The number of hydrogen-bond donors (Lipinski definition) is 0. The first-order valence-corrected chi connectivity index (χ1v) is 25.7. The van der Waals surface area contributed by atoms with E-state index >= 15 is 0 Å². The number of carbonyl (C=O) groups is 3. The van der Waals surface area contributed by atoms with Crippen LogP contribution in [0.2, 0.25) is 0 Å². The third kappa shape index (κ3) is 45.2. The summed E-state index contributed by atoms with van der Waals surface area (Å²) in [6.45, 7) is 6.55. The van der Waals surface area contributed by atoms with Gasteiger partial charge in [-0.3, -0.25) is 14.4 Å². The Kier molecular flexibility index (Phi) is 46.3. The van der Waals surface area contributed by atoms with Gasteiger partial charge in [-0.15, -0.1) is 0 Å². The quantitative estimate of drug-likeness (QED) is 0.0263. The van der Waals surface area contributed by atoms with Crippen molar-refractivity contribution in [2.24, 2.45) is 0 Å². The van der Waals surface area contributed by atoms with Gasteiger partial charge in [-0.1, -0.05) is 232 Å². The van der Waals surface area contributed by atoms with Crippen LogP contribution < -0.4 is 0 Å². The van der Waals surface area contributed by atoms with Crippen molar-refractivity contribution in [1.29, 1.82) is 0 Å². The van der Waals surface area contributed by atoms with E-state index in [1.807, 2.05) is 0 Å². The van der Waals surface area contributed by atoms with Crippen molar-refractivity contribution < 1.29 is 28.6 Å². The van der Waals surface area contributed by atoms with E-state index in [9.17, 15) is 14.4 Å². The summed E-state index contributed by atoms with van der Waals surface area (Å²) in [6.07, 6.45) is 52.5. The number of unbranched alkanes of at least 4 members (excludes halogenated alkanes) is 34. The molecule has 0 bridgehead atoms. The van der Waals surface area contributed by atoms with Crippen LogP contribution >= 0.6 is 0 Å². The zero-order valence-corrected chi connectivity index (χ0v) is 39.1. The highest BCUT2D eigenvalue weighted by Crippen LogP contribution is 2.17. The van der Waals surface area contributed by atoms with Crippen molar-refractivity contribution in [2.45, 2.75) is 290 Å². The van der Waals surface area contributed by atoms with Gasteiger partial charge in [0, 0.05) is 19.3 Å². The predicted molar refractivity (Wildman–Crippen MR) is 247 cm³/mol. The van der Waals surface area contributed by atoms with E-state index in [1.165, 1.54) is 173 Å². The lowest BCUT2D eigenvalue weighted by molar-refractivity contribution is -0.167. The van der Waals surface area contributed by atoms with E-state index in [1.54, 1.807) is 0 Å². The normalized spacial score (nSPS) is 12.0. The molecular weight excluding hydrogens is 721 g/mol. The molecule has 0 aromatic carbocycles. The van der Waals surface area contributed by atoms with Crippen LogP contribution in [0.15, 0.2) is 12.2 Å². The fourth-order valence-corrected chi connectivity index (χ4v) is 7.61. The van der Waals surface area contributed by atoms with E-state index in [4.69, 9.17) is 14.2 Å². The number of carbonyl (C=O) groups excluding carboxylic acids is 3. The van der Waals surface area contributed by atoms with Gasteiger partial charge in [0.2, 0.25) is 0 Å². The van der Waals surface area contributed by atoms with Crippen LogP contribution in [-0.2, 0) is 28.6 Å². The van der Waals surface area contributed by atoms with Crippen molar-refractivity contribution in [1.82, 2.24) is 0 Å². The maximum atomic E-state index is 12.7. The molecule has 342 valence electrons. The molecule has 0 rings (SSSR count). The Morgan fingerprint density at radius 2 is 0.569 bits per heavy atom. The van der Waals surface area contributed by atoms with Crippen LogP contribution in [0.5, 0.6) is 0 Å². The van der Waals surface area contributed by atoms with Gasteiger partial charge in [-0.05, 0) is 44.9 Å². The molecule has 0 aromatic rings. The zero-order chi connectivity index (χ0) is 42.3. The molecule has 0 radical (unpaired) electrons. The summed E-state index contributed by atoms with van der Waals surface area (Å²) in [5, 5.41) is 0. The number of hydrogen-bond acceptors (Lipinski definition) is 6. The average Bonchev–Trinajstić information content (AvgIpc) is 3.22. The standard InChI is InChI=1S/C52H98O6/c1-4-7-10-13-15-17-19-21-22-23-24-25-26-27-28-29-30-31-33-34-36-39-42-45-51(54)57-48-49(47-56-50(53)44-41-38-12-9-6-3)58-52(55)46-43-40-37-35-32-20-18-16-14-11-8-5-2/h16,18,49H,4-15,17,19-48H2,1-3H3/b18-16-. The Bertz CT molecular complexity index is 900. The van der Waals surface area contributed by atoms with E-state index < -0.39 is 6.10 Å². The fraction of sp³-hybridized carbons (Fsp3) is 0.904. The maximum Gasteiger partial charge on any atom is 0.306 e. The largest absolute Gasteiger partial charge is 0.462 e. The molecule has 58 heavy (non-hydrogen) atoms. The SMILES string of the molecule is CCCCC/C=C\CCCCCCCC(=O)OC(COC(=O)CCCCCCC)COC(=O)CCCCCCCCCCCCCCCCCCCCCCCCC. The highest BCUT2D eigenvalue weighted by molar-refractivity contribution is 5.71. The van der Waals surface area contributed by atoms with Crippen LogP contribution in [0.4, 0.5) is 0 Å². The Labute approximate surface area is 360 Å². The molecular formula is C52H98O6. The maximum absolute atomic E-state index is 12.7. The van der Waals surface area contributed by atoms with E-state index in [2.05, 4.69) is 32.9 Å². The number of rotatable bonds is 47. The lowest BCUT2D eigenvalue weighted by Crippen LogP contribution is -2.30. The molecule has 0 aliphatic heterocycles. The smallest absolute Gasteiger partial charge is 0.306 e. The van der Waals surface area contributed by atoms with Gasteiger partial charge in [-0.2, -0.15) is 0 Å². The van der Waals surface area contributed by atoms with E-state index in [0.717, 1.165) is 70.6 Å². The first-order valence-electron chi connectivity index (χ1n) is 25.7. The summed E-state index contributed by atoms with van der Waals surface area (Å²) in [4.78, 5) is 37.6. The summed E-state index contributed by atoms with van der Waals surface area (Å²) in [6, 6.07) is 0. The zero-order valence-electron chi connectivity index (χ0n) is 39.1. The van der Waals surface area contributed by atoms with Gasteiger partial charge in [0.25, 0.3) is 0 Å². The lowest BCUT2D eigenvalue weighted by atomic mass is 10.0. The summed E-state index contributed by atoms with van der Waals surface area (Å²) >= 11 is 0. The Morgan fingerprint density at radius 3 is 0.897 bits per heavy atom. The van der Waals surface area contributed by atoms with Crippen molar-refractivity contribution in [3.63, 3.8) is 0 Å². The van der Waals surface area contributed by atoms with Gasteiger partial charge < -0.3 is 14.2 Å². The number of ether oxygens (including phenoxy) is 3. The first kappa shape index (κ1) is 56.1. The van der Waals surface area contributed by atoms with Crippen molar-refractivity contribution in [3.05, 3.63) is 12.2 Å². The van der Waals surface area contributed by atoms with Gasteiger partial charge in [0.1, 0.15) is 13.2 Å². The second-order valence-electron chi connectivity index (χ2n) is 17.4. The molecule has 0 heterocycles. The molecule has 0 aliphatic carbocycles. The van der Waals surface area contributed by atoms with Gasteiger partial charge in [-0.25, -0.2) is 0 Å². The van der Waals surface area contributed by atoms with Crippen molar-refractivity contribution >= 4 is 17.9 Å². The van der Waals surface area contributed by atoms with Gasteiger partial charge in [0.05, 0.1) is 0 Å². The average molecular weight is 819 g/mol. The monoisotopic (exact) mass is 819 g/mol. The molecule has 0 N–H and O–H groups in total. The van der Waals surface area contributed by atoms with Crippen molar-refractivity contribution in [2.75, 3.05) is 13.2 Å². The van der Waals surface area contributed by atoms with Crippen LogP contribution in [0.25, 0.3) is 0 Å². The summed E-state index contributed by atoms with van der Waals surface area (Å²) in [5.74, 6) is -0.881. The van der Waals surface area contributed by atoms with Crippen LogP contribution in [0, 0.1) is 0 Å². The predicted octanol–water partition coefficient (Wildman–Crippen LogP) is 16.6. The second-order valence-corrected chi connectivity index (χ2v) is 17.4. The summed E-state index contributed by atoms with van der Waals surface area (Å²) in [7, 11) is 0. The molecule has 0 saturated heterocycles. The Hall–Kier alpha value is -1.85. The van der Waals surface area contributed by atoms with Crippen LogP contribution in [-0.4, -0.2) is 37.2 Å². The minimum Gasteiger partial charge on any atom is -0.462 e. The summed E-state index contributed by atoms with van der Waals surface area (Å²) in [5.41, 5.74) is 0. The van der Waals surface area contributed by atoms with Gasteiger partial charge >= 0.3 is 17.9 Å². The molecule has 6 nitrogen and oxygen atoms in total. The fourth-order valence-electron chi connectivity index (χ4n) is 7.61. The third-order valence-electron chi connectivity index (χ3n) is 11.5. The molecule has 0 aliphatic rings. The molecule has 6 heteroatoms. The Balaban J connectivity index is 4.02. The molecule has 1 unspecified atom stereocenters. The van der Waals surface area contributed by atoms with E-state index in [0.29, 0.717) is 19.3 Å². The van der Waals surface area contributed by atoms with Crippen LogP contribution in [0.3, 0.4) is 0 Å². The molecule has 0 amide bonds. The third-order valence-corrected chi connectivity index (χ3v) is 11.5. The van der Waals surface area contributed by atoms with Gasteiger partial charge in [0.15, 0.2) is 6.10 Å². The molecule has 0 fully saturated rings. The minimum absolute atomic E-state index is 0.0698. The highest BCUT2D eigenvalue weighted by atomic mass is 16.6. The molecule has 0 aromatic heterocycles.